The van der Waals surface area contributed by atoms with Crippen molar-refractivity contribution in [3.8, 4) is 0 Å². The molecular weight excluding hydrogens is 320 g/mol. The molecule has 0 bridgehead atoms. The summed E-state index contributed by atoms with van der Waals surface area (Å²) >= 11 is 5.40. The molecule has 116 valence electrons. The molecule has 0 spiro atoms. The number of halogens is 3. The lowest BCUT2D eigenvalue weighted by molar-refractivity contribution is 0.102. The third-order valence-electron chi connectivity index (χ3n) is 2.95. The van der Waals surface area contributed by atoms with Gasteiger partial charge in [0, 0.05) is 20.3 Å². The van der Waals surface area contributed by atoms with E-state index in [2.05, 4.69) is 5.32 Å². The van der Waals surface area contributed by atoms with Gasteiger partial charge in [0.2, 0.25) is 0 Å². The Kier molecular flexibility index (Phi) is 4.14. The summed E-state index contributed by atoms with van der Waals surface area (Å²) in [6.07, 6.45) is 1.09. The van der Waals surface area contributed by atoms with Crippen LogP contribution in [0.1, 0.15) is 10.4 Å². The number of hydrogen-bond donors (Lipinski definition) is 1. The van der Waals surface area contributed by atoms with Crippen LogP contribution in [0.25, 0.3) is 0 Å². The molecule has 0 fully saturated rings. The topological polar surface area (TPSA) is 73.1 Å². The average Bonchev–Trinajstić information content (AvgIpc) is 2.46. The van der Waals surface area contributed by atoms with Crippen LogP contribution in [-0.2, 0) is 14.1 Å². The van der Waals surface area contributed by atoms with Crippen molar-refractivity contribution < 1.29 is 13.6 Å². The number of benzene rings is 1. The number of rotatable bonds is 2. The van der Waals surface area contributed by atoms with Crippen LogP contribution in [0, 0.1) is 11.6 Å². The monoisotopic (exact) mass is 329 g/mol. The van der Waals surface area contributed by atoms with Crippen molar-refractivity contribution in [1.29, 1.82) is 0 Å². The molecule has 6 nitrogen and oxygen atoms in total. The lowest BCUT2D eigenvalue weighted by Gasteiger charge is -2.09. The molecule has 1 heterocycles. The third kappa shape index (κ3) is 2.77. The number of nitrogens with zero attached hydrogens (tertiary/aromatic N) is 2. The van der Waals surface area contributed by atoms with Gasteiger partial charge in [-0.25, -0.2) is 13.6 Å². The summed E-state index contributed by atoms with van der Waals surface area (Å²) in [5, 5.41) is 1.68. The Hall–Kier alpha value is -2.48. The first kappa shape index (κ1) is 15.9. The Morgan fingerprint density at radius 1 is 1.18 bits per heavy atom. The van der Waals surface area contributed by atoms with Gasteiger partial charge < -0.3 is 9.88 Å². The maximum atomic E-state index is 13.7. The van der Waals surface area contributed by atoms with Gasteiger partial charge in [-0.2, -0.15) is 0 Å². The third-order valence-corrected chi connectivity index (χ3v) is 3.24. The normalized spacial score (nSPS) is 10.6. The van der Waals surface area contributed by atoms with E-state index in [0.717, 1.165) is 15.3 Å². The van der Waals surface area contributed by atoms with E-state index in [1.165, 1.54) is 14.1 Å². The first-order valence-corrected chi connectivity index (χ1v) is 6.32. The molecule has 2 rings (SSSR count). The minimum Gasteiger partial charge on any atom is -0.316 e. The van der Waals surface area contributed by atoms with Crippen LogP contribution in [-0.4, -0.2) is 15.0 Å². The second-order valence-electron chi connectivity index (χ2n) is 4.50. The largest absolute Gasteiger partial charge is 0.330 e. The number of aryl methyl sites for hydroxylation is 1. The SMILES string of the molecule is Cn1cc(NC(=O)c2cc(F)c(Cl)cc2F)c(=O)n(C)c1=O. The van der Waals surface area contributed by atoms with Gasteiger partial charge in [-0.15, -0.1) is 0 Å². The molecule has 0 radical (unpaired) electrons. The minimum absolute atomic E-state index is 0.246. The van der Waals surface area contributed by atoms with Gasteiger partial charge in [-0.05, 0) is 12.1 Å². The quantitative estimate of drug-likeness (QED) is 0.843. The Morgan fingerprint density at radius 3 is 2.45 bits per heavy atom. The van der Waals surface area contributed by atoms with Gasteiger partial charge in [0.25, 0.3) is 11.5 Å². The van der Waals surface area contributed by atoms with Crippen molar-refractivity contribution in [2.24, 2.45) is 14.1 Å². The van der Waals surface area contributed by atoms with E-state index in [0.29, 0.717) is 12.1 Å². The summed E-state index contributed by atoms with van der Waals surface area (Å²) in [4.78, 5) is 35.3. The smallest absolute Gasteiger partial charge is 0.316 e. The van der Waals surface area contributed by atoms with E-state index in [1.54, 1.807) is 0 Å². The summed E-state index contributed by atoms with van der Waals surface area (Å²) in [5.41, 5.74) is -2.22. The van der Waals surface area contributed by atoms with E-state index in [1.807, 2.05) is 0 Å². The maximum Gasteiger partial charge on any atom is 0.330 e. The Bertz CT molecular complexity index is 889. The van der Waals surface area contributed by atoms with Gasteiger partial charge in [-0.1, -0.05) is 11.6 Å². The fraction of sp³-hybridized carbons (Fsp3) is 0.154. The van der Waals surface area contributed by atoms with Crippen molar-refractivity contribution in [2.45, 2.75) is 0 Å². The molecule has 0 saturated carbocycles. The van der Waals surface area contributed by atoms with E-state index in [-0.39, 0.29) is 5.69 Å². The Balaban J connectivity index is 2.45. The first-order chi connectivity index (χ1) is 10.2. The Labute approximate surface area is 127 Å². The van der Waals surface area contributed by atoms with Crippen molar-refractivity contribution >= 4 is 23.2 Å². The van der Waals surface area contributed by atoms with Crippen molar-refractivity contribution in [3.05, 3.63) is 61.4 Å². The fourth-order valence-electron chi connectivity index (χ4n) is 1.78. The zero-order valence-electron chi connectivity index (χ0n) is 11.5. The molecule has 22 heavy (non-hydrogen) atoms. The van der Waals surface area contributed by atoms with Crippen LogP contribution >= 0.6 is 11.6 Å². The summed E-state index contributed by atoms with van der Waals surface area (Å²) in [5.74, 6) is -3.05. The number of hydrogen-bond acceptors (Lipinski definition) is 3. The Morgan fingerprint density at radius 2 is 1.82 bits per heavy atom. The van der Waals surface area contributed by atoms with Gasteiger partial charge in [0.15, 0.2) is 0 Å². The van der Waals surface area contributed by atoms with Crippen LogP contribution in [0.5, 0.6) is 0 Å². The highest BCUT2D eigenvalue weighted by molar-refractivity contribution is 6.30. The van der Waals surface area contributed by atoms with Crippen molar-refractivity contribution in [1.82, 2.24) is 9.13 Å². The lowest BCUT2D eigenvalue weighted by Crippen LogP contribution is -2.38. The number of carbonyl (C=O) groups is 1. The molecule has 1 aromatic carbocycles. The molecule has 0 saturated heterocycles. The van der Waals surface area contributed by atoms with E-state index in [4.69, 9.17) is 11.6 Å². The molecule has 9 heteroatoms. The number of anilines is 1. The van der Waals surface area contributed by atoms with Crippen LogP contribution in [0.15, 0.2) is 27.9 Å². The van der Waals surface area contributed by atoms with Gasteiger partial charge in [0.05, 0.1) is 10.6 Å². The highest BCUT2D eigenvalue weighted by atomic mass is 35.5. The highest BCUT2D eigenvalue weighted by Gasteiger charge is 2.17. The molecule has 1 aromatic heterocycles. The minimum atomic E-state index is -1.04. The molecule has 0 aliphatic carbocycles. The van der Waals surface area contributed by atoms with Crippen molar-refractivity contribution in [2.75, 3.05) is 5.32 Å². The second-order valence-corrected chi connectivity index (χ2v) is 4.91. The van der Waals surface area contributed by atoms with Gasteiger partial charge in [0.1, 0.15) is 17.3 Å². The number of nitrogens with one attached hydrogen (secondary N) is 1. The summed E-state index contributed by atoms with van der Waals surface area (Å²) in [7, 11) is 2.60. The molecular formula is C13H10ClF2N3O3. The fourth-order valence-corrected chi connectivity index (χ4v) is 1.93. The summed E-state index contributed by atoms with van der Waals surface area (Å²) < 4.78 is 28.8. The molecule has 0 aliphatic rings. The zero-order valence-corrected chi connectivity index (χ0v) is 12.2. The van der Waals surface area contributed by atoms with E-state index >= 15 is 0 Å². The maximum absolute atomic E-state index is 13.7. The number of amides is 1. The van der Waals surface area contributed by atoms with Crippen LogP contribution in [0.4, 0.5) is 14.5 Å². The molecule has 1 N–H and O–H groups in total. The molecule has 2 aromatic rings. The van der Waals surface area contributed by atoms with Crippen molar-refractivity contribution in [3.63, 3.8) is 0 Å². The molecule has 1 amide bonds. The summed E-state index contributed by atoms with van der Waals surface area (Å²) in [6, 6.07) is 1.28. The number of carbonyl (C=O) groups excluding carboxylic acids is 1. The first-order valence-electron chi connectivity index (χ1n) is 5.95. The predicted molar refractivity (Wildman–Crippen MR) is 76.2 cm³/mol. The summed E-state index contributed by atoms with van der Waals surface area (Å²) in [6.45, 7) is 0. The van der Waals surface area contributed by atoms with Gasteiger partial charge in [-0.3, -0.25) is 14.2 Å². The lowest BCUT2D eigenvalue weighted by atomic mass is 10.2. The van der Waals surface area contributed by atoms with Crippen LogP contribution in [0.3, 0.4) is 0 Å². The highest BCUT2D eigenvalue weighted by Crippen LogP contribution is 2.19. The molecule has 0 unspecified atom stereocenters. The second kappa shape index (κ2) is 5.72. The van der Waals surface area contributed by atoms with Gasteiger partial charge >= 0.3 is 5.69 Å². The molecule has 0 atom stereocenters. The standard InChI is InChI=1S/C13H10ClF2N3O3/c1-18-5-10(12(21)19(2)13(18)22)17-11(20)6-3-9(16)7(14)4-8(6)15/h3-5H,1-2H3,(H,17,20). The zero-order chi connectivity index (χ0) is 16.6. The number of aromatic nitrogens is 2. The average molecular weight is 330 g/mol. The van der Waals surface area contributed by atoms with Crippen LogP contribution < -0.4 is 16.6 Å². The van der Waals surface area contributed by atoms with E-state index in [9.17, 15) is 23.2 Å². The van der Waals surface area contributed by atoms with Crippen LogP contribution in [0.2, 0.25) is 5.02 Å². The van der Waals surface area contributed by atoms with E-state index < -0.39 is 39.4 Å². The molecule has 0 aliphatic heterocycles. The predicted octanol–water partition coefficient (Wildman–Crippen LogP) is 1.27.